The predicted octanol–water partition coefficient (Wildman–Crippen LogP) is 0.503. The maximum Gasteiger partial charge on any atom is 0.305 e. The van der Waals surface area contributed by atoms with Gasteiger partial charge in [-0.2, -0.15) is 5.26 Å². The minimum Gasteiger partial charge on any atom is -0.469 e. The van der Waals surface area contributed by atoms with Crippen LogP contribution in [-0.4, -0.2) is 44.6 Å². The normalized spacial score (nSPS) is 13.1. The first-order valence-corrected chi connectivity index (χ1v) is 6.85. The van der Waals surface area contributed by atoms with Crippen molar-refractivity contribution in [3.8, 4) is 6.07 Å². The molecule has 0 spiro atoms. The van der Waals surface area contributed by atoms with Crippen LogP contribution in [0.4, 0.5) is 0 Å². The van der Waals surface area contributed by atoms with Gasteiger partial charge in [-0.15, -0.1) is 0 Å². The number of carbonyl (C=O) groups is 1. The molecule has 7 heteroatoms. The zero-order valence-corrected chi connectivity index (χ0v) is 11.2. The van der Waals surface area contributed by atoms with Crippen molar-refractivity contribution in [1.29, 1.82) is 5.26 Å². The summed E-state index contributed by atoms with van der Waals surface area (Å²) in [4.78, 5) is 10.8. The summed E-state index contributed by atoms with van der Waals surface area (Å²) in [6.45, 7) is 1.67. The Hall–Kier alpha value is -1.13. The third kappa shape index (κ3) is 5.65. The Labute approximate surface area is 102 Å². The van der Waals surface area contributed by atoms with Crippen LogP contribution in [0.25, 0.3) is 0 Å². The molecule has 1 atom stereocenters. The number of sulfonamides is 1. The van der Waals surface area contributed by atoms with Crippen molar-refractivity contribution in [2.45, 2.75) is 32.2 Å². The molecule has 1 unspecified atom stereocenters. The van der Waals surface area contributed by atoms with E-state index in [0.717, 1.165) is 0 Å². The zero-order valence-electron chi connectivity index (χ0n) is 10.3. The maximum absolute atomic E-state index is 11.8. The number of nitrogens with zero attached hydrogens (tertiary/aromatic N) is 2. The Bertz CT molecular complexity index is 386. The third-order valence-corrected chi connectivity index (χ3v) is 4.50. The minimum absolute atomic E-state index is 0.0796. The van der Waals surface area contributed by atoms with Crippen molar-refractivity contribution < 1.29 is 17.9 Å². The standard InChI is InChI=1S/C10H18N2O4S/c1-9(6-7-11)12(2)17(14,15)8-4-5-10(13)16-3/h9H,4-6,8H2,1-3H3. The molecule has 0 saturated carbocycles. The van der Waals surface area contributed by atoms with E-state index in [1.54, 1.807) is 6.92 Å². The van der Waals surface area contributed by atoms with Gasteiger partial charge in [0.2, 0.25) is 10.0 Å². The van der Waals surface area contributed by atoms with E-state index < -0.39 is 16.0 Å². The van der Waals surface area contributed by atoms with Gasteiger partial charge < -0.3 is 4.74 Å². The quantitative estimate of drug-likeness (QED) is 0.623. The van der Waals surface area contributed by atoms with Crippen molar-refractivity contribution in [3.63, 3.8) is 0 Å². The number of carbonyl (C=O) groups excluding carboxylic acids is 1. The van der Waals surface area contributed by atoms with E-state index in [4.69, 9.17) is 5.26 Å². The molecule has 0 aliphatic rings. The second-order valence-corrected chi connectivity index (χ2v) is 5.87. The average Bonchev–Trinajstić information content (AvgIpc) is 2.27. The molecule has 0 amide bonds. The molecule has 0 aliphatic carbocycles. The Balaban J connectivity index is 4.29. The summed E-state index contributed by atoms with van der Waals surface area (Å²) in [6.07, 6.45) is 0.446. The lowest BCUT2D eigenvalue weighted by Crippen LogP contribution is -2.36. The molecule has 0 aromatic carbocycles. The van der Waals surface area contributed by atoms with Crippen molar-refractivity contribution in [1.82, 2.24) is 4.31 Å². The lowest BCUT2D eigenvalue weighted by atomic mass is 10.3. The van der Waals surface area contributed by atoms with Gasteiger partial charge in [-0.05, 0) is 13.3 Å². The number of nitriles is 1. The molecule has 0 saturated heterocycles. The van der Waals surface area contributed by atoms with Gasteiger partial charge in [-0.3, -0.25) is 4.79 Å². The molecular formula is C10H18N2O4S. The Kier molecular flexibility index (Phi) is 6.76. The molecule has 0 fully saturated rings. The largest absolute Gasteiger partial charge is 0.469 e. The van der Waals surface area contributed by atoms with Crippen LogP contribution in [0.5, 0.6) is 0 Å². The fourth-order valence-corrected chi connectivity index (χ4v) is 2.60. The highest BCUT2D eigenvalue weighted by Gasteiger charge is 2.22. The summed E-state index contributed by atoms with van der Waals surface area (Å²) in [5, 5.41) is 8.50. The van der Waals surface area contributed by atoms with Crippen LogP contribution < -0.4 is 0 Å². The monoisotopic (exact) mass is 262 g/mol. The second-order valence-electron chi connectivity index (χ2n) is 3.72. The Morgan fingerprint density at radius 2 is 2.12 bits per heavy atom. The maximum atomic E-state index is 11.8. The van der Waals surface area contributed by atoms with Gasteiger partial charge in [0.05, 0.1) is 25.4 Å². The van der Waals surface area contributed by atoms with Gasteiger partial charge in [0.1, 0.15) is 0 Å². The van der Waals surface area contributed by atoms with E-state index >= 15 is 0 Å². The summed E-state index contributed by atoms with van der Waals surface area (Å²) in [5.74, 6) is -0.540. The van der Waals surface area contributed by atoms with E-state index in [2.05, 4.69) is 4.74 Å². The first-order chi connectivity index (χ1) is 7.85. The van der Waals surface area contributed by atoms with E-state index in [1.807, 2.05) is 6.07 Å². The van der Waals surface area contributed by atoms with Crippen LogP contribution in [-0.2, 0) is 19.6 Å². The number of esters is 1. The van der Waals surface area contributed by atoms with Crippen LogP contribution in [0.15, 0.2) is 0 Å². The number of methoxy groups -OCH3 is 1. The molecule has 0 bridgehead atoms. The van der Waals surface area contributed by atoms with Crippen LogP contribution in [0, 0.1) is 11.3 Å². The predicted molar refractivity (Wildman–Crippen MR) is 62.5 cm³/mol. The number of ether oxygens (including phenoxy) is 1. The number of rotatable bonds is 7. The minimum atomic E-state index is -3.41. The van der Waals surface area contributed by atoms with Gasteiger partial charge >= 0.3 is 5.97 Å². The van der Waals surface area contributed by atoms with E-state index in [0.29, 0.717) is 0 Å². The molecule has 0 aromatic heterocycles. The SMILES string of the molecule is COC(=O)CCCS(=O)(=O)N(C)C(C)CC#N. The average molecular weight is 262 g/mol. The molecule has 0 aliphatic heterocycles. The lowest BCUT2D eigenvalue weighted by molar-refractivity contribution is -0.140. The van der Waals surface area contributed by atoms with E-state index in [1.165, 1.54) is 18.5 Å². The highest BCUT2D eigenvalue weighted by Crippen LogP contribution is 2.09. The van der Waals surface area contributed by atoms with E-state index in [9.17, 15) is 13.2 Å². The van der Waals surface area contributed by atoms with Gasteiger partial charge in [-0.25, -0.2) is 12.7 Å². The fourth-order valence-electron chi connectivity index (χ4n) is 1.18. The Morgan fingerprint density at radius 1 is 1.53 bits per heavy atom. The smallest absolute Gasteiger partial charge is 0.305 e. The van der Waals surface area contributed by atoms with Crippen LogP contribution in [0.1, 0.15) is 26.2 Å². The zero-order chi connectivity index (χ0) is 13.5. The fraction of sp³-hybridized carbons (Fsp3) is 0.800. The molecule has 0 aromatic rings. The van der Waals surface area contributed by atoms with Gasteiger partial charge in [0.15, 0.2) is 0 Å². The second kappa shape index (κ2) is 7.25. The summed E-state index contributed by atoms with van der Waals surface area (Å²) in [7, 11) is -0.709. The summed E-state index contributed by atoms with van der Waals surface area (Å²) in [6, 6.07) is 1.57. The Morgan fingerprint density at radius 3 is 2.59 bits per heavy atom. The third-order valence-electron chi connectivity index (χ3n) is 2.46. The first kappa shape index (κ1) is 15.9. The molecule has 6 nitrogen and oxygen atoms in total. The molecular weight excluding hydrogens is 244 g/mol. The molecule has 0 rings (SSSR count). The number of hydrogen-bond acceptors (Lipinski definition) is 5. The van der Waals surface area contributed by atoms with Crippen LogP contribution in [0.2, 0.25) is 0 Å². The van der Waals surface area contributed by atoms with Gasteiger partial charge in [0, 0.05) is 19.5 Å². The van der Waals surface area contributed by atoms with Crippen molar-refractivity contribution in [2.75, 3.05) is 19.9 Å². The summed E-state index contributed by atoms with van der Waals surface area (Å²) in [5.41, 5.74) is 0. The summed E-state index contributed by atoms with van der Waals surface area (Å²) >= 11 is 0. The molecule has 0 N–H and O–H groups in total. The lowest BCUT2D eigenvalue weighted by Gasteiger charge is -2.22. The van der Waals surface area contributed by atoms with Crippen molar-refractivity contribution in [3.05, 3.63) is 0 Å². The number of hydrogen-bond donors (Lipinski definition) is 0. The summed E-state index contributed by atoms with van der Waals surface area (Å²) < 4.78 is 29.2. The van der Waals surface area contributed by atoms with Gasteiger partial charge in [0.25, 0.3) is 0 Å². The highest BCUT2D eigenvalue weighted by molar-refractivity contribution is 7.89. The van der Waals surface area contributed by atoms with Gasteiger partial charge in [-0.1, -0.05) is 0 Å². The van der Waals surface area contributed by atoms with E-state index in [-0.39, 0.29) is 31.1 Å². The van der Waals surface area contributed by atoms with Crippen molar-refractivity contribution >= 4 is 16.0 Å². The molecule has 0 radical (unpaired) electrons. The molecule has 17 heavy (non-hydrogen) atoms. The van der Waals surface area contributed by atoms with Crippen molar-refractivity contribution in [2.24, 2.45) is 0 Å². The van der Waals surface area contributed by atoms with Crippen LogP contribution in [0.3, 0.4) is 0 Å². The van der Waals surface area contributed by atoms with Crippen LogP contribution >= 0.6 is 0 Å². The topological polar surface area (TPSA) is 87.5 Å². The molecule has 0 heterocycles. The first-order valence-electron chi connectivity index (χ1n) is 5.24. The molecule has 98 valence electrons. The highest BCUT2D eigenvalue weighted by atomic mass is 32.2.